The molecule has 0 unspecified atom stereocenters. The second-order valence-electron chi connectivity index (χ2n) is 6.63. The Labute approximate surface area is 158 Å². The van der Waals surface area contributed by atoms with Crippen LogP contribution in [0.15, 0.2) is 59.4 Å². The van der Waals surface area contributed by atoms with E-state index in [-0.39, 0.29) is 11.7 Å². The van der Waals surface area contributed by atoms with Crippen molar-refractivity contribution in [3.63, 3.8) is 0 Å². The van der Waals surface area contributed by atoms with E-state index in [4.69, 9.17) is 4.52 Å². The van der Waals surface area contributed by atoms with E-state index in [1.165, 1.54) is 0 Å². The first kappa shape index (κ1) is 17.8. The van der Waals surface area contributed by atoms with E-state index < -0.39 is 10.0 Å². The fraction of sp³-hybridized carbons (Fsp3) is 0.316. The first-order valence-electron chi connectivity index (χ1n) is 8.87. The van der Waals surface area contributed by atoms with Crippen molar-refractivity contribution in [2.45, 2.75) is 24.5 Å². The Morgan fingerprint density at radius 2 is 1.89 bits per heavy atom. The van der Waals surface area contributed by atoms with E-state index in [9.17, 15) is 8.42 Å². The van der Waals surface area contributed by atoms with Gasteiger partial charge in [-0.15, -0.1) is 0 Å². The molecule has 3 heterocycles. The predicted octanol–water partition coefficient (Wildman–Crippen LogP) is 2.84. The summed E-state index contributed by atoms with van der Waals surface area (Å²) in [6.07, 6.45) is 4.94. The van der Waals surface area contributed by atoms with Crippen molar-refractivity contribution in [2.75, 3.05) is 13.1 Å². The van der Waals surface area contributed by atoms with Crippen LogP contribution in [0.5, 0.6) is 0 Å². The topological polar surface area (TPSA) is 89.2 Å². The summed E-state index contributed by atoms with van der Waals surface area (Å²) in [5.41, 5.74) is 1.61. The molecule has 0 amide bonds. The molecule has 0 saturated carbocycles. The lowest BCUT2D eigenvalue weighted by Crippen LogP contribution is -2.39. The van der Waals surface area contributed by atoms with Gasteiger partial charge in [-0.2, -0.15) is 4.98 Å². The second kappa shape index (κ2) is 7.58. The van der Waals surface area contributed by atoms with Gasteiger partial charge < -0.3 is 4.52 Å². The molecule has 3 aromatic rings. The van der Waals surface area contributed by atoms with E-state index in [2.05, 4.69) is 15.1 Å². The lowest BCUT2D eigenvalue weighted by molar-refractivity contribution is 0.265. The number of rotatable bonds is 5. The van der Waals surface area contributed by atoms with Gasteiger partial charge in [-0.05, 0) is 30.5 Å². The number of sulfonamides is 1. The first-order valence-corrected chi connectivity index (χ1v) is 10.5. The summed E-state index contributed by atoms with van der Waals surface area (Å²) in [5.74, 6) is 0.901. The Morgan fingerprint density at radius 3 is 2.67 bits per heavy atom. The van der Waals surface area contributed by atoms with Gasteiger partial charge in [0, 0.05) is 31.0 Å². The molecule has 7 nitrogen and oxygen atoms in total. The van der Waals surface area contributed by atoms with Crippen LogP contribution in [0, 0.1) is 0 Å². The van der Waals surface area contributed by atoms with Crippen LogP contribution in [-0.2, 0) is 15.8 Å². The highest BCUT2D eigenvalue weighted by atomic mass is 32.2. The average Bonchev–Trinajstić information content (AvgIpc) is 3.20. The minimum absolute atomic E-state index is 0.00661. The third-order valence-corrected chi connectivity index (χ3v) is 6.52. The van der Waals surface area contributed by atoms with Gasteiger partial charge in [0.2, 0.25) is 21.7 Å². The van der Waals surface area contributed by atoms with Crippen LogP contribution < -0.4 is 0 Å². The third kappa shape index (κ3) is 4.06. The smallest absolute Gasteiger partial charge is 0.231 e. The summed E-state index contributed by atoms with van der Waals surface area (Å²) in [4.78, 5) is 8.46. The van der Waals surface area contributed by atoms with Gasteiger partial charge in [-0.25, -0.2) is 12.7 Å². The molecule has 1 fully saturated rings. The zero-order valence-electron chi connectivity index (χ0n) is 14.7. The maximum Gasteiger partial charge on any atom is 0.231 e. The summed E-state index contributed by atoms with van der Waals surface area (Å²) in [5, 5.41) is 4.03. The lowest BCUT2D eigenvalue weighted by atomic mass is 10.00. The second-order valence-corrected chi connectivity index (χ2v) is 8.60. The highest BCUT2D eigenvalue weighted by Crippen LogP contribution is 2.29. The van der Waals surface area contributed by atoms with Crippen LogP contribution in [0.2, 0.25) is 0 Å². The molecule has 0 aliphatic carbocycles. The summed E-state index contributed by atoms with van der Waals surface area (Å²) in [7, 11) is -3.39. The molecule has 0 spiro atoms. The summed E-state index contributed by atoms with van der Waals surface area (Å²) in [6.45, 7) is 0.893. The Morgan fingerprint density at radius 1 is 1.11 bits per heavy atom. The molecule has 1 saturated heterocycles. The fourth-order valence-electron chi connectivity index (χ4n) is 3.29. The van der Waals surface area contributed by atoms with Gasteiger partial charge in [-0.1, -0.05) is 35.5 Å². The number of hydrogen-bond donors (Lipinski definition) is 0. The highest BCUT2D eigenvalue weighted by molar-refractivity contribution is 7.88. The third-order valence-electron chi connectivity index (χ3n) is 4.70. The van der Waals surface area contributed by atoms with Crippen molar-refractivity contribution in [3.8, 4) is 11.4 Å². The van der Waals surface area contributed by atoms with Crippen LogP contribution in [-0.4, -0.2) is 40.9 Å². The standard InChI is InChI=1S/C19H20N4O3S/c24-27(25,14-15-5-2-1-3-6-15)23-12-4-7-17(13-23)19-21-18(22-26-19)16-8-10-20-11-9-16/h1-3,5-6,8-11,17H,4,7,12-14H2/t17-/m0/s1. The molecule has 2 aromatic heterocycles. The molecule has 27 heavy (non-hydrogen) atoms. The zero-order chi connectivity index (χ0) is 18.7. The summed E-state index contributed by atoms with van der Waals surface area (Å²) in [6, 6.07) is 12.9. The minimum Gasteiger partial charge on any atom is -0.339 e. The number of pyridine rings is 1. The summed E-state index contributed by atoms with van der Waals surface area (Å²) >= 11 is 0. The molecular weight excluding hydrogens is 364 g/mol. The number of aromatic nitrogens is 3. The van der Waals surface area contributed by atoms with Gasteiger partial charge in [0.25, 0.3) is 0 Å². The maximum absolute atomic E-state index is 12.8. The predicted molar refractivity (Wildman–Crippen MR) is 100 cm³/mol. The maximum atomic E-state index is 12.8. The van der Waals surface area contributed by atoms with E-state index in [1.807, 2.05) is 42.5 Å². The van der Waals surface area contributed by atoms with Gasteiger partial charge >= 0.3 is 0 Å². The number of hydrogen-bond acceptors (Lipinski definition) is 6. The van der Waals surface area contributed by atoms with Crippen LogP contribution in [0.4, 0.5) is 0 Å². The Kier molecular flexibility index (Phi) is 5.00. The quantitative estimate of drug-likeness (QED) is 0.672. The van der Waals surface area contributed by atoms with Crippen molar-refractivity contribution >= 4 is 10.0 Å². The molecule has 0 radical (unpaired) electrons. The Bertz CT molecular complexity index is 990. The zero-order valence-corrected chi connectivity index (χ0v) is 15.5. The van der Waals surface area contributed by atoms with Crippen LogP contribution in [0.3, 0.4) is 0 Å². The minimum atomic E-state index is -3.39. The monoisotopic (exact) mass is 384 g/mol. The molecule has 0 bridgehead atoms. The average molecular weight is 384 g/mol. The van der Waals surface area contributed by atoms with Crippen molar-refractivity contribution in [2.24, 2.45) is 0 Å². The molecule has 1 aliphatic heterocycles. The highest BCUT2D eigenvalue weighted by Gasteiger charge is 2.32. The van der Waals surface area contributed by atoms with Crippen molar-refractivity contribution in [1.82, 2.24) is 19.4 Å². The Balaban J connectivity index is 1.49. The van der Waals surface area contributed by atoms with E-state index >= 15 is 0 Å². The fourth-order valence-corrected chi connectivity index (χ4v) is 4.90. The summed E-state index contributed by atoms with van der Waals surface area (Å²) < 4.78 is 32.6. The van der Waals surface area contributed by atoms with Crippen molar-refractivity contribution in [3.05, 3.63) is 66.3 Å². The SMILES string of the molecule is O=S(=O)(Cc1ccccc1)N1CCC[C@H](c2nc(-c3ccncc3)no2)C1. The van der Waals surface area contributed by atoms with E-state index in [0.717, 1.165) is 24.0 Å². The molecule has 1 atom stereocenters. The first-order chi connectivity index (χ1) is 13.1. The van der Waals surface area contributed by atoms with Crippen LogP contribution in [0.1, 0.15) is 30.2 Å². The molecule has 140 valence electrons. The molecule has 1 aliphatic rings. The van der Waals surface area contributed by atoms with Crippen LogP contribution in [0.25, 0.3) is 11.4 Å². The van der Waals surface area contributed by atoms with Gasteiger partial charge in [0.05, 0.1) is 11.7 Å². The largest absolute Gasteiger partial charge is 0.339 e. The van der Waals surface area contributed by atoms with Crippen molar-refractivity contribution in [1.29, 1.82) is 0 Å². The number of benzene rings is 1. The van der Waals surface area contributed by atoms with Crippen molar-refractivity contribution < 1.29 is 12.9 Å². The normalized spacial score (nSPS) is 18.4. The molecule has 8 heteroatoms. The number of piperidine rings is 1. The lowest BCUT2D eigenvalue weighted by Gasteiger charge is -2.30. The van der Waals surface area contributed by atoms with E-state index in [1.54, 1.807) is 16.7 Å². The molecule has 0 N–H and O–H groups in total. The van der Waals surface area contributed by atoms with Crippen LogP contribution >= 0.6 is 0 Å². The van der Waals surface area contributed by atoms with Gasteiger partial charge in [0.15, 0.2) is 0 Å². The molecule has 4 rings (SSSR count). The van der Waals surface area contributed by atoms with Gasteiger partial charge in [-0.3, -0.25) is 4.98 Å². The molecular formula is C19H20N4O3S. The Hall–Kier alpha value is -2.58. The number of nitrogens with zero attached hydrogens (tertiary/aromatic N) is 4. The van der Waals surface area contributed by atoms with E-state index in [0.29, 0.717) is 24.8 Å². The molecule has 1 aromatic carbocycles. The van der Waals surface area contributed by atoms with Gasteiger partial charge in [0.1, 0.15) is 0 Å².